The molecular formula is C70H135NO5. The Kier molecular flexibility index (Phi) is 64.4. The number of amides is 1. The van der Waals surface area contributed by atoms with Crippen molar-refractivity contribution in [3.63, 3.8) is 0 Å². The molecule has 3 N–H and O–H groups in total. The van der Waals surface area contributed by atoms with Crippen molar-refractivity contribution in [2.24, 2.45) is 0 Å². The molecule has 0 aliphatic rings. The van der Waals surface area contributed by atoms with Crippen molar-refractivity contribution in [3.05, 3.63) is 24.3 Å². The predicted octanol–water partition coefficient (Wildman–Crippen LogP) is 22.1. The quantitative estimate of drug-likeness (QED) is 0.0320. The van der Waals surface area contributed by atoms with Gasteiger partial charge in [0.1, 0.15) is 0 Å². The van der Waals surface area contributed by atoms with E-state index in [2.05, 4.69) is 43.5 Å². The van der Waals surface area contributed by atoms with Crippen LogP contribution in [0.5, 0.6) is 0 Å². The van der Waals surface area contributed by atoms with Gasteiger partial charge in [0, 0.05) is 12.8 Å². The molecule has 450 valence electrons. The second kappa shape index (κ2) is 65.9. The number of ether oxygens (including phenoxy) is 1. The molecule has 0 aliphatic heterocycles. The van der Waals surface area contributed by atoms with E-state index >= 15 is 0 Å². The summed E-state index contributed by atoms with van der Waals surface area (Å²) < 4.78 is 5.47. The van der Waals surface area contributed by atoms with Crippen LogP contribution in [0, 0.1) is 0 Å². The molecule has 0 aliphatic carbocycles. The molecule has 0 aromatic heterocycles. The van der Waals surface area contributed by atoms with Gasteiger partial charge in [-0.15, -0.1) is 0 Å². The first-order valence-corrected chi connectivity index (χ1v) is 34.6. The van der Waals surface area contributed by atoms with Crippen LogP contribution in [0.1, 0.15) is 386 Å². The minimum atomic E-state index is -0.661. The molecule has 0 bridgehead atoms. The van der Waals surface area contributed by atoms with Gasteiger partial charge >= 0.3 is 5.97 Å². The molecule has 0 fully saturated rings. The maximum Gasteiger partial charge on any atom is 0.305 e. The van der Waals surface area contributed by atoms with Crippen LogP contribution < -0.4 is 5.32 Å². The lowest BCUT2D eigenvalue weighted by molar-refractivity contribution is -0.143. The minimum absolute atomic E-state index is 0.00794. The van der Waals surface area contributed by atoms with E-state index in [1.807, 2.05) is 0 Å². The Bertz CT molecular complexity index is 1190. The number of aliphatic hydroxyl groups is 2. The highest BCUT2D eigenvalue weighted by atomic mass is 16.5. The molecule has 0 saturated heterocycles. The van der Waals surface area contributed by atoms with Crippen molar-refractivity contribution in [2.75, 3.05) is 13.2 Å². The molecule has 0 aromatic carbocycles. The number of allylic oxidation sites excluding steroid dienone is 4. The Labute approximate surface area is 475 Å². The Balaban J connectivity index is 3.34. The zero-order valence-corrected chi connectivity index (χ0v) is 51.5. The molecule has 0 radical (unpaired) electrons. The molecular weight excluding hydrogens is 935 g/mol. The monoisotopic (exact) mass is 1070 g/mol. The van der Waals surface area contributed by atoms with E-state index in [0.717, 1.165) is 44.9 Å². The lowest BCUT2D eigenvalue weighted by atomic mass is 10.0. The number of hydrogen-bond donors (Lipinski definition) is 3. The Morgan fingerprint density at radius 2 is 0.632 bits per heavy atom. The summed E-state index contributed by atoms with van der Waals surface area (Å²) in [6, 6.07) is -0.538. The predicted molar refractivity (Wildman–Crippen MR) is 333 cm³/mol. The summed E-state index contributed by atoms with van der Waals surface area (Å²) in [4.78, 5) is 24.5. The van der Waals surface area contributed by atoms with Crippen LogP contribution in [-0.2, 0) is 14.3 Å². The molecule has 0 aromatic rings. The van der Waals surface area contributed by atoms with Crippen molar-refractivity contribution < 1.29 is 24.5 Å². The molecule has 6 nitrogen and oxygen atoms in total. The van der Waals surface area contributed by atoms with E-state index in [0.29, 0.717) is 25.9 Å². The van der Waals surface area contributed by atoms with Gasteiger partial charge in [-0.2, -0.15) is 0 Å². The summed E-state index contributed by atoms with van der Waals surface area (Å²) in [6.45, 7) is 4.94. The Hall–Kier alpha value is -1.66. The SMILES string of the molecule is CCCC/C=C\CCCCCCCC(=O)OCCCCCCCCCCCCCC/C=C\CCCCCCCCCCCCCCCCCCCC(=O)NC(CO)C(O)CCCCCCCCCCCCCCCCC. The van der Waals surface area contributed by atoms with Crippen molar-refractivity contribution in [2.45, 2.75) is 398 Å². The Morgan fingerprint density at radius 3 is 0.974 bits per heavy atom. The van der Waals surface area contributed by atoms with Crippen LogP contribution in [0.4, 0.5) is 0 Å². The van der Waals surface area contributed by atoms with E-state index < -0.39 is 12.1 Å². The molecule has 0 spiro atoms. The smallest absolute Gasteiger partial charge is 0.305 e. The minimum Gasteiger partial charge on any atom is -0.466 e. The third-order valence-corrected chi connectivity index (χ3v) is 16.2. The standard InChI is InChI=1S/C70H135NO5/c1-3-5-7-9-11-13-15-16-36-39-43-46-50-54-58-62-68(73)67(66-72)71-69(74)63-59-55-51-47-44-40-37-34-32-30-28-26-24-22-20-18-17-19-21-23-25-27-29-31-33-35-38-41-45-49-53-57-61-65-76-70(75)64-60-56-52-48-42-14-12-10-8-6-4-2/h10,12,21,23,67-68,72-73H,3-9,11,13-20,22,24-66H2,1-2H3,(H,71,74)/b12-10-,23-21-. The summed E-state index contributed by atoms with van der Waals surface area (Å²) in [5, 5.41) is 23.3. The van der Waals surface area contributed by atoms with Gasteiger partial charge in [0.25, 0.3) is 0 Å². The first-order chi connectivity index (χ1) is 37.5. The van der Waals surface area contributed by atoms with Crippen molar-refractivity contribution in [3.8, 4) is 0 Å². The second-order valence-electron chi connectivity index (χ2n) is 23.9. The third-order valence-electron chi connectivity index (χ3n) is 16.2. The third kappa shape index (κ3) is 61.6. The van der Waals surface area contributed by atoms with Crippen LogP contribution in [-0.4, -0.2) is 47.4 Å². The number of nitrogens with one attached hydrogen (secondary N) is 1. The fourth-order valence-electron chi connectivity index (χ4n) is 10.9. The summed E-state index contributed by atoms with van der Waals surface area (Å²) in [5.41, 5.74) is 0. The number of esters is 1. The number of rotatable bonds is 65. The lowest BCUT2D eigenvalue weighted by Gasteiger charge is -2.22. The van der Waals surface area contributed by atoms with Crippen molar-refractivity contribution in [1.29, 1.82) is 0 Å². The van der Waals surface area contributed by atoms with Gasteiger partial charge in [-0.3, -0.25) is 9.59 Å². The van der Waals surface area contributed by atoms with Crippen molar-refractivity contribution in [1.82, 2.24) is 5.32 Å². The van der Waals surface area contributed by atoms with E-state index in [4.69, 9.17) is 4.74 Å². The fraction of sp³-hybridized carbons (Fsp3) is 0.914. The van der Waals surface area contributed by atoms with Gasteiger partial charge in [-0.05, 0) is 70.6 Å². The van der Waals surface area contributed by atoms with Crippen LogP contribution in [0.3, 0.4) is 0 Å². The lowest BCUT2D eigenvalue weighted by Crippen LogP contribution is -2.45. The van der Waals surface area contributed by atoms with Crippen LogP contribution in [0.15, 0.2) is 24.3 Å². The topological polar surface area (TPSA) is 95.9 Å². The van der Waals surface area contributed by atoms with Crippen LogP contribution in [0.25, 0.3) is 0 Å². The number of unbranched alkanes of at least 4 members (excludes halogenated alkanes) is 50. The zero-order valence-electron chi connectivity index (χ0n) is 51.5. The number of carbonyl (C=O) groups is 2. The van der Waals surface area contributed by atoms with Gasteiger partial charge in [0.15, 0.2) is 0 Å². The van der Waals surface area contributed by atoms with Gasteiger partial charge < -0.3 is 20.3 Å². The van der Waals surface area contributed by atoms with Gasteiger partial charge in [-0.25, -0.2) is 0 Å². The van der Waals surface area contributed by atoms with Crippen molar-refractivity contribution >= 4 is 11.9 Å². The molecule has 1 amide bonds. The normalized spacial score (nSPS) is 12.6. The molecule has 76 heavy (non-hydrogen) atoms. The molecule has 0 saturated carbocycles. The van der Waals surface area contributed by atoms with Crippen LogP contribution in [0.2, 0.25) is 0 Å². The molecule has 2 unspecified atom stereocenters. The summed E-state index contributed by atoms with van der Waals surface area (Å²) in [6.07, 6.45) is 82.3. The molecule has 2 atom stereocenters. The van der Waals surface area contributed by atoms with Gasteiger partial charge in [-0.1, -0.05) is 327 Å². The average Bonchev–Trinajstić information content (AvgIpc) is 3.42. The maximum atomic E-state index is 12.5. The highest BCUT2D eigenvalue weighted by molar-refractivity contribution is 5.76. The number of aliphatic hydroxyl groups excluding tert-OH is 2. The first-order valence-electron chi connectivity index (χ1n) is 34.6. The van der Waals surface area contributed by atoms with Crippen LogP contribution >= 0.6 is 0 Å². The summed E-state index contributed by atoms with van der Waals surface area (Å²) >= 11 is 0. The second-order valence-corrected chi connectivity index (χ2v) is 23.9. The fourth-order valence-corrected chi connectivity index (χ4v) is 10.9. The number of hydrogen-bond acceptors (Lipinski definition) is 5. The summed E-state index contributed by atoms with van der Waals surface area (Å²) in [5.74, 6) is -0.0211. The molecule has 0 rings (SSSR count). The van der Waals surface area contributed by atoms with E-state index in [9.17, 15) is 19.8 Å². The summed E-state index contributed by atoms with van der Waals surface area (Å²) in [7, 11) is 0. The first kappa shape index (κ1) is 74.3. The van der Waals surface area contributed by atoms with Gasteiger partial charge in [0.05, 0.1) is 25.4 Å². The molecule has 0 heterocycles. The maximum absolute atomic E-state index is 12.5. The van der Waals surface area contributed by atoms with E-state index in [1.54, 1.807) is 0 Å². The van der Waals surface area contributed by atoms with E-state index in [-0.39, 0.29) is 18.5 Å². The number of carbonyl (C=O) groups excluding carboxylic acids is 2. The van der Waals surface area contributed by atoms with Gasteiger partial charge in [0.2, 0.25) is 5.91 Å². The highest BCUT2D eigenvalue weighted by Gasteiger charge is 2.20. The Morgan fingerprint density at radius 1 is 0.355 bits per heavy atom. The zero-order chi connectivity index (χ0) is 55.0. The average molecular weight is 1070 g/mol. The highest BCUT2D eigenvalue weighted by Crippen LogP contribution is 2.19. The van der Waals surface area contributed by atoms with E-state index in [1.165, 1.54) is 308 Å². The largest absolute Gasteiger partial charge is 0.466 e. The molecule has 6 heteroatoms.